The van der Waals surface area contributed by atoms with Crippen molar-refractivity contribution in [2.45, 2.75) is 26.1 Å². The fraction of sp³-hybridized carbons (Fsp3) is 0.875. The number of hydrogen-bond donors (Lipinski definition) is 0. The molecule has 0 saturated carbocycles. The first-order valence-corrected chi connectivity index (χ1v) is 4.10. The fourth-order valence-corrected chi connectivity index (χ4v) is 1.13. The monoisotopic (exact) mass is 174 g/mol. The molecule has 0 aliphatic carbocycles. The van der Waals surface area contributed by atoms with E-state index in [0.717, 1.165) is 0 Å². The molecule has 0 radical (unpaired) electrons. The fourth-order valence-electron chi connectivity index (χ4n) is 1.13. The van der Waals surface area contributed by atoms with Crippen LogP contribution in [0.1, 0.15) is 20.3 Å². The van der Waals surface area contributed by atoms with Crippen molar-refractivity contribution < 1.29 is 19.0 Å². The van der Waals surface area contributed by atoms with Gasteiger partial charge in [0.05, 0.1) is 26.2 Å². The molecule has 1 rings (SSSR count). The first-order chi connectivity index (χ1) is 5.66. The van der Waals surface area contributed by atoms with E-state index in [9.17, 15) is 4.79 Å². The normalized spacial score (nSPS) is 20.8. The minimum atomic E-state index is -0.758. The summed E-state index contributed by atoms with van der Waals surface area (Å²) in [5.74, 6) is -1.03. The topological polar surface area (TPSA) is 44.8 Å². The average Bonchev–Trinajstić information content (AvgIpc) is 2.36. The van der Waals surface area contributed by atoms with Crippen LogP contribution in [0, 0.1) is 0 Å². The van der Waals surface area contributed by atoms with Crippen LogP contribution in [-0.4, -0.2) is 31.6 Å². The summed E-state index contributed by atoms with van der Waals surface area (Å²) in [6, 6.07) is 0. The summed E-state index contributed by atoms with van der Waals surface area (Å²) in [5.41, 5.74) is 0. The van der Waals surface area contributed by atoms with Crippen LogP contribution in [-0.2, 0) is 19.0 Å². The van der Waals surface area contributed by atoms with E-state index in [1.165, 1.54) is 0 Å². The van der Waals surface area contributed by atoms with Gasteiger partial charge in [-0.2, -0.15) is 0 Å². The van der Waals surface area contributed by atoms with E-state index < -0.39 is 5.79 Å². The molecule has 0 amide bonds. The number of esters is 1. The van der Waals surface area contributed by atoms with Crippen molar-refractivity contribution >= 4 is 5.97 Å². The zero-order valence-corrected chi connectivity index (χ0v) is 7.46. The van der Waals surface area contributed by atoms with Crippen LogP contribution in [0.2, 0.25) is 0 Å². The van der Waals surface area contributed by atoms with E-state index in [4.69, 9.17) is 14.2 Å². The SMILES string of the molecule is CCOC(=O)CC1(C)OCCO1. The maximum Gasteiger partial charge on any atom is 0.311 e. The Hall–Kier alpha value is -0.610. The molecule has 0 aromatic rings. The molecule has 0 N–H and O–H groups in total. The lowest BCUT2D eigenvalue weighted by Crippen LogP contribution is -2.29. The van der Waals surface area contributed by atoms with E-state index in [1.54, 1.807) is 13.8 Å². The van der Waals surface area contributed by atoms with Gasteiger partial charge in [0.25, 0.3) is 0 Å². The van der Waals surface area contributed by atoms with Crippen LogP contribution in [0.5, 0.6) is 0 Å². The minimum Gasteiger partial charge on any atom is -0.466 e. The van der Waals surface area contributed by atoms with Gasteiger partial charge in [0, 0.05) is 0 Å². The summed E-state index contributed by atoms with van der Waals surface area (Å²) in [6.07, 6.45) is 0.167. The predicted molar refractivity (Wildman–Crippen MR) is 41.6 cm³/mol. The van der Waals surface area contributed by atoms with Crippen molar-refractivity contribution in [1.29, 1.82) is 0 Å². The van der Waals surface area contributed by atoms with E-state index >= 15 is 0 Å². The molecule has 1 aliphatic rings. The maximum atomic E-state index is 11.0. The van der Waals surface area contributed by atoms with Gasteiger partial charge in [-0.3, -0.25) is 4.79 Å². The summed E-state index contributed by atoms with van der Waals surface area (Å²) in [7, 11) is 0. The molecule has 4 heteroatoms. The number of carbonyl (C=O) groups is 1. The largest absolute Gasteiger partial charge is 0.466 e. The number of ether oxygens (including phenoxy) is 3. The minimum absolute atomic E-state index is 0.167. The van der Waals surface area contributed by atoms with Gasteiger partial charge in [0.2, 0.25) is 0 Å². The third kappa shape index (κ3) is 2.46. The summed E-state index contributed by atoms with van der Waals surface area (Å²) in [6.45, 7) is 5.02. The molecular weight excluding hydrogens is 160 g/mol. The summed E-state index contributed by atoms with van der Waals surface area (Å²) >= 11 is 0. The molecule has 0 aromatic heterocycles. The quantitative estimate of drug-likeness (QED) is 0.591. The molecule has 70 valence electrons. The van der Waals surface area contributed by atoms with Gasteiger partial charge in [0.1, 0.15) is 0 Å². The van der Waals surface area contributed by atoms with Crippen molar-refractivity contribution in [2.24, 2.45) is 0 Å². The molecule has 0 aromatic carbocycles. The first kappa shape index (κ1) is 9.48. The molecule has 0 atom stereocenters. The lowest BCUT2D eigenvalue weighted by molar-refractivity contribution is -0.174. The Morgan fingerprint density at radius 3 is 2.58 bits per heavy atom. The Kier molecular flexibility index (Phi) is 3.05. The predicted octanol–water partition coefficient (Wildman–Crippen LogP) is 0.703. The second kappa shape index (κ2) is 3.87. The Labute approximate surface area is 71.8 Å². The van der Waals surface area contributed by atoms with Gasteiger partial charge in [-0.15, -0.1) is 0 Å². The second-order valence-electron chi connectivity index (χ2n) is 2.81. The molecule has 1 saturated heterocycles. The van der Waals surface area contributed by atoms with E-state index in [0.29, 0.717) is 19.8 Å². The zero-order chi connectivity index (χ0) is 9.03. The molecule has 1 heterocycles. The third-order valence-electron chi connectivity index (χ3n) is 1.67. The van der Waals surface area contributed by atoms with E-state index in [1.807, 2.05) is 0 Å². The molecule has 12 heavy (non-hydrogen) atoms. The van der Waals surface area contributed by atoms with Gasteiger partial charge < -0.3 is 14.2 Å². The van der Waals surface area contributed by atoms with Crippen molar-refractivity contribution in [3.63, 3.8) is 0 Å². The van der Waals surface area contributed by atoms with E-state index in [-0.39, 0.29) is 12.4 Å². The van der Waals surface area contributed by atoms with Crippen molar-refractivity contribution in [1.82, 2.24) is 0 Å². The van der Waals surface area contributed by atoms with Gasteiger partial charge in [-0.05, 0) is 13.8 Å². The number of hydrogen-bond acceptors (Lipinski definition) is 4. The van der Waals surface area contributed by atoms with Crippen molar-refractivity contribution in [3.05, 3.63) is 0 Å². The summed E-state index contributed by atoms with van der Waals surface area (Å²) in [4.78, 5) is 11.0. The molecule has 4 nitrogen and oxygen atoms in total. The van der Waals surface area contributed by atoms with Gasteiger partial charge >= 0.3 is 5.97 Å². The molecule has 0 unspecified atom stereocenters. The molecular formula is C8H14O4. The van der Waals surface area contributed by atoms with Gasteiger partial charge in [0.15, 0.2) is 5.79 Å². The summed E-state index contributed by atoms with van der Waals surface area (Å²) < 4.78 is 15.2. The highest BCUT2D eigenvalue weighted by Crippen LogP contribution is 2.22. The Morgan fingerprint density at radius 1 is 1.50 bits per heavy atom. The van der Waals surface area contributed by atoms with Crippen LogP contribution >= 0.6 is 0 Å². The number of carbonyl (C=O) groups excluding carboxylic acids is 1. The molecule has 0 spiro atoms. The molecule has 1 fully saturated rings. The van der Waals surface area contributed by atoms with Crippen LogP contribution in [0.3, 0.4) is 0 Å². The standard InChI is InChI=1S/C8H14O4/c1-3-10-7(9)6-8(2)11-4-5-12-8/h3-6H2,1-2H3. The van der Waals surface area contributed by atoms with Crippen molar-refractivity contribution in [3.8, 4) is 0 Å². The van der Waals surface area contributed by atoms with Gasteiger partial charge in [-0.1, -0.05) is 0 Å². The maximum absolute atomic E-state index is 11.0. The Balaban J connectivity index is 2.33. The van der Waals surface area contributed by atoms with Gasteiger partial charge in [-0.25, -0.2) is 0 Å². The Morgan fingerprint density at radius 2 is 2.08 bits per heavy atom. The summed E-state index contributed by atoms with van der Waals surface area (Å²) in [5, 5.41) is 0. The lowest BCUT2D eigenvalue weighted by Gasteiger charge is -2.20. The van der Waals surface area contributed by atoms with Crippen LogP contribution in [0.25, 0.3) is 0 Å². The lowest BCUT2D eigenvalue weighted by atomic mass is 10.2. The number of rotatable bonds is 3. The smallest absolute Gasteiger partial charge is 0.311 e. The highest BCUT2D eigenvalue weighted by Gasteiger charge is 2.34. The Bertz CT molecular complexity index is 160. The van der Waals surface area contributed by atoms with Crippen LogP contribution in [0.15, 0.2) is 0 Å². The van der Waals surface area contributed by atoms with Crippen molar-refractivity contribution in [2.75, 3.05) is 19.8 Å². The molecule has 0 bridgehead atoms. The molecule has 1 aliphatic heterocycles. The highest BCUT2D eigenvalue weighted by atomic mass is 16.7. The van der Waals surface area contributed by atoms with Crippen LogP contribution < -0.4 is 0 Å². The third-order valence-corrected chi connectivity index (χ3v) is 1.67. The first-order valence-electron chi connectivity index (χ1n) is 4.10. The zero-order valence-electron chi connectivity index (χ0n) is 7.46. The van der Waals surface area contributed by atoms with E-state index in [2.05, 4.69) is 0 Å². The second-order valence-corrected chi connectivity index (χ2v) is 2.81. The highest BCUT2D eigenvalue weighted by molar-refractivity contribution is 5.70. The van der Waals surface area contributed by atoms with Crippen LogP contribution in [0.4, 0.5) is 0 Å². The average molecular weight is 174 g/mol.